The number of hydrogen-bond acceptors (Lipinski definition) is 6. The van der Waals surface area contributed by atoms with Crippen LogP contribution in [0, 0.1) is 6.92 Å². The molecule has 2 aromatic heterocycles. The molecular formula is C22H33FN6O. The predicted molar refractivity (Wildman–Crippen MR) is 116 cm³/mol. The second-order valence-corrected chi connectivity index (χ2v) is 9.86. The highest BCUT2D eigenvalue weighted by Crippen LogP contribution is 2.40. The minimum Gasteiger partial charge on any atom is -0.461 e. The maximum absolute atomic E-state index is 14.1. The molecule has 0 aliphatic carbocycles. The third-order valence-corrected chi connectivity index (χ3v) is 7.71. The van der Waals surface area contributed by atoms with Gasteiger partial charge < -0.3 is 19.5 Å². The molecule has 0 spiro atoms. The lowest BCUT2D eigenvalue weighted by Gasteiger charge is -2.34. The molecule has 164 valence electrons. The van der Waals surface area contributed by atoms with Crippen LogP contribution in [0.3, 0.4) is 0 Å². The molecule has 2 aromatic rings. The smallest absolute Gasteiger partial charge is 0.320 e. The van der Waals surface area contributed by atoms with Crippen molar-refractivity contribution >= 4 is 16.9 Å². The van der Waals surface area contributed by atoms with E-state index in [-0.39, 0.29) is 6.97 Å². The number of nitrogens with one attached hydrogen (secondary N) is 1. The van der Waals surface area contributed by atoms with Crippen LogP contribution >= 0.6 is 0 Å². The molecule has 2 unspecified atom stereocenters. The van der Waals surface area contributed by atoms with E-state index < -0.39 is 6.17 Å². The Labute approximate surface area is 178 Å². The van der Waals surface area contributed by atoms with Gasteiger partial charge in [-0.2, -0.15) is 9.97 Å². The third-order valence-electron chi connectivity index (χ3n) is 7.71. The summed E-state index contributed by atoms with van der Waals surface area (Å²) in [4.78, 5) is 14.4. The van der Waals surface area contributed by atoms with Crippen LogP contribution in [0.1, 0.15) is 39.1 Å². The van der Waals surface area contributed by atoms with Gasteiger partial charge in [-0.15, -0.1) is 0 Å². The number of fused-ring (bicyclic) bond motifs is 4. The summed E-state index contributed by atoms with van der Waals surface area (Å²) in [6, 6.07) is 1.49. The first kappa shape index (κ1) is 18.8. The van der Waals surface area contributed by atoms with Crippen LogP contribution in [0.4, 0.5) is 10.2 Å². The van der Waals surface area contributed by atoms with Gasteiger partial charge in [0, 0.05) is 52.8 Å². The number of aryl methyl sites for hydroxylation is 2. The first-order valence-electron chi connectivity index (χ1n) is 11.4. The Hall–Kier alpha value is -1.93. The summed E-state index contributed by atoms with van der Waals surface area (Å²) in [6.07, 6.45) is 6.50. The highest BCUT2D eigenvalue weighted by molar-refractivity contribution is 5.91. The molecule has 4 fully saturated rings. The van der Waals surface area contributed by atoms with E-state index in [1.54, 1.807) is 0 Å². The number of alkyl halides is 1. The first-order chi connectivity index (χ1) is 14.5. The van der Waals surface area contributed by atoms with Gasteiger partial charge in [-0.25, -0.2) is 4.39 Å². The van der Waals surface area contributed by atoms with Crippen LogP contribution < -0.4 is 15.0 Å². The number of ether oxygens (including phenoxy) is 1. The van der Waals surface area contributed by atoms with Crippen LogP contribution in [-0.2, 0) is 7.05 Å². The van der Waals surface area contributed by atoms with Crippen molar-refractivity contribution in [3.63, 3.8) is 0 Å². The first-order valence-corrected chi connectivity index (χ1v) is 11.4. The van der Waals surface area contributed by atoms with Gasteiger partial charge in [0.2, 0.25) is 0 Å². The van der Waals surface area contributed by atoms with E-state index >= 15 is 0 Å². The number of rotatable bonds is 4. The molecule has 4 saturated heterocycles. The third kappa shape index (κ3) is 2.91. The largest absolute Gasteiger partial charge is 0.461 e. The number of aromatic nitrogens is 3. The minimum atomic E-state index is -0.750. The van der Waals surface area contributed by atoms with Gasteiger partial charge in [-0.1, -0.05) is 0 Å². The maximum Gasteiger partial charge on any atom is 0.320 e. The van der Waals surface area contributed by atoms with Gasteiger partial charge >= 0.3 is 6.01 Å². The number of piperazine rings is 1. The van der Waals surface area contributed by atoms with Crippen molar-refractivity contribution in [1.82, 2.24) is 24.8 Å². The average molecular weight is 417 g/mol. The molecular weight excluding hydrogens is 383 g/mol. The van der Waals surface area contributed by atoms with Gasteiger partial charge in [-0.05, 0) is 44.7 Å². The quantitative estimate of drug-likeness (QED) is 0.826. The second-order valence-electron chi connectivity index (χ2n) is 9.86. The lowest BCUT2D eigenvalue weighted by atomic mass is 9.95. The second kappa shape index (κ2) is 6.79. The summed E-state index contributed by atoms with van der Waals surface area (Å²) in [5.41, 5.74) is 1.92. The topological polar surface area (TPSA) is 58.5 Å². The van der Waals surface area contributed by atoms with E-state index in [9.17, 15) is 4.39 Å². The molecule has 4 atom stereocenters. The van der Waals surface area contributed by atoms with Crippen molar-refractivity contribution in [3.05, 3.63) is 11.8 Å². The molecule has 0 amide bonds. The Morgan fingerprint density at radius 2 is 2.07 bits per heavy atom. The zero-order valence-corrected chi connectivity index (χ0v) is 17.9. The molecule has 0 radical (unpaired) electrons. The van der Waals surface area contributed by atoms with Crippen molar-refractivity contribution < 1.29 is 10.6 Å². The normalized spacial score (nSPS) is 33.6. The van der Waals surface area contributed by atoms with Crippen molar-refractivity contribution in [2.24, 2.45) is 7.05 Å². The van der Waals surface area contributed by atoms with E-state index in [0.29, 0.717) is 37.7 Å². The Morgan fingerprint density at radius 1 is 1.27 bits per heavy atom. The van der Waals surface area contributed by atoms with Gasteiger partial charge in [0.25, 0.3) is 0 Å². The van der Waals surface area contributed by atoms with E-state index in [2.05, 4.69) is 32.8 Å². The van der Waals surface area contributed by atoms with Gasteiger partial charge in [-0.3, -0.25) is 4.90 Å². The summed E-state index contributed by atoms with van der Waals surface area (Å²) < 4.78 is 22.4. The highest BCUT2D eigenvalue weighted by Gasteiger charge is 2.49. The number of anilines is 1. The fraction of sp³-hybridized carbons (Fsp3) is 0.727. The van der Waals surface area contributed by atoms with E-state index in [4.69, 9.17) is 14.7 Å². The average Bonchev–Trinajstić information content (AvgIpc) is 3.42. The highest BCUT2D eigenvalue weighted by atomic mass is 19.1. The molecule has 0 saturated carbocycles. The van der Waals surface area contributed by atoms with Crippen LogP contribution in [0.25, 0.3) is 11.0 Å². The Kier molecular flexibility index (Phi) is 4.25. The molecule has 8 heteroatoms. The van der Waals surface area contributed by atoms with Crippen LogP contribution in [0.15, 0.2) is 6.20 Å². The Bertz CT molecular complexity index is 973. The van der Waals surface area contributed by atoms with E-state index in [0.717, 1.165) is 49.3 Å². The fourth-order valence-corrected chi connectivity index (χ4v) is 6.35. The molecule has 6 rings (SSSR count). The molecule has 4 aliphatic heterocycles. The van der Waals surface area contributed by atoms with Gasteiger partial charge in [0.05, 0.1) is 10.9 Å². The summed E-state index contributed by atoms with van der Waals surface area (Å²) in [5.74, 6) is 0.988. The number of halogens is 1. The zero-order valence-electron chi connectivity index (χ0n) is 17.9. The minimum absolute atomic E-state index is 0. The summed E-state index contributed by atoms with van der Waals surface area (Å²) in [6.45, 7) is 6.04. The Morgan fingerprint density at radius 3 is 2.87 bits per heavy atom. The van der Waals surface area contributed by atoms with Crippen LogP contribution in [-0.4, -0.2) is 76.0 Å². The lowest BCUT2D eigenvalue weighted by Crippen LogP contribution is -2.51. The fourth-order valence-electron chi connectivity index (χ4n) is 6.35. The van der Waals surface area contributed by atoms with E-state index in [1.807, 2.05) is 7.05 Å². The summed E-state index contributed by atoms with van der Waals surface area (Å²) >= 11 is 0. The van der Waals surface area contributed by atoms with Crippen molar-refractivity contribution in [3.8, 4) is 6.01 Å². The molecule has 1 N–H and O–H groups in total. The van der Waals surface area contributed by atoms with Crippen molar-refractivity contribution in [2.75, 3.05) is 37.7 Å². The van der Waals surface area contributed by atoms with E-state index in [1.165, 1.54) is 18.4 Å². The van der Waals surface area contributed by atoms with Crippen LogP contribution in [0.5, 0.6) is 6.01 Å². The van der Waals surface area contributed by atoms with Crippen LogP contribution in [0.2, 0.25) is 0 Å². The summed E-state index contributed by atoms with van der Waals surface area (Å²) in [7, 11) is 2.03. The molecule has 7 nitrogen and oxygen atoms in total. The lowest BCUT2D eigenvalue weighted by molar-refractivity contribution is 0.107. The standard InChI is InChI=1S/C22H31FN6O.H2/c1-14-9-27(2)19-18(14)20(28-11-16-4-5-17(12-28)24-16)26-21(25-19)30-13-22-6-3-7-29(22)10-15(23)8-22;/h9,15-17,24H,3-8,10-13H2,1-2H3;1H/t15-,16?,17?,22+;/m1./s1. The molecule has 6 heterocycles. The SMILES string of the molecule is Cc1cn(C)c2nc(OC[C@@]34CCCN3C[C@H](F)C4)nc(N3CC4CCC(C3)N4)c12.[HH]. The molecule has 4 aliphatic rings. The van der Waals surface area contributed by atoms with Gasteiger partial charge in [0.15, 0.2) is 0 Å². The number of nitrogens with zero attached hydrogens (tertiary/aromatic N) is 5. The maximum atomic E-state index is 14.1. The van der Waals surface area contributed by atoms with Gasteiger partial charge in [0.1, 0.15) is 24.2 Å². The molecule has 2 bridgehead atoms. The monoisotopic (exact) mass is 416 g/mol. The van der Waals surface area contributed by atoms with Crippen molar-refractivity contribution in [1.29, 1.82) is 0 Å². The molecule has 0 aromatic carbocycles. The zero-order chi connectivity index (χ0) is 20.5. The predicted octanol–water partition coefficient (Wildman–Crippen LogP) is 2.42. The number of hydrogen-bond donors (Lipinski definition) is 1. The molecule has 30 heavy (non-hydrogen) atoms. The van der Waals surface area contributed by atoms with Crippen molar-refractivity contribution in [2.45, 2.75) is 62.8 Å². The summed E-state index contributed by atoms with van der Waals surface area (Å²) in [5, 5.41) is 4.82. The Balaban J connectivity index is 0.00000204.